The summed E-state index contributed by atoms with van der Waals surface area (Å²) in [7, 11) is 0. The highest BCUT2D eigenvalue weighted by molar-refractivity contribution is 6.30. The monoisotopic (exact) mass is 240 g/mol. The number of hydrogen-bond acceptors (Lipinski definition) is 0. The number of quaternary nitrogens is 2. The van der Waals surface area contributed by atoms with Crippen molar-refractivity contribution in [1.82, 2.24) is 0 Å². The van der Waals surface area contributed by atoms with Gasteiger partial charge in [0.1, 0.15) is 6.54 Å². The molecule has 4 N–H and O–H groups in total. The second-order valence-electron chi connectivity index (χ2n) is 4.61. The fourth-order valence-electron chi connectivity index (χ4n) is 2.66. The van der Waals surface area contributed by atoms with Gasteiger partial charge in [-0.2, -0.15) is 0 Å². The summed E-state index contributed by atoms with van der Waals surface area (Å²) in [4.78, 5) is 1.70. The van der Waals surface area contributed by atoms with E-state index in [1.54, 1.807) is 4.90 Å². The molecular weight excluding hydrogens is 220 g/mol. The van der Waals surface area contributed by atoms with Crippen molar-refractivity contribution in [3.05, 3.63) is 34.9 Å². The molecular formula is C13H21ClN2+2. The normalized spacial score (nSPS) is 19.6. The van der Waals surface area contributed by atoms with Gasteiger partial charge in [0.05, 0.1) is 13.1 Å². The van der Waals surface area contributed by atoms with E-state index in [1.165, 1.54) is 37.9 Å². The Morgan fingerprint density at radius 2 is 1.75 bits per heavy atom. The highest BCUT2D eigenvalue weighted by atomic mass is 35.5. The smallest absolute Gasteiger partial charge is 0.162 e. The SMILES string of the molecule is [NH3+]C[C@@H](c1ccc(Cl)cc1)[NH+]1CCCCC1. The molecule has 1 saturated heterocycles. The molecule has 0 spiro atoms. The van der Waals surface area contributed by atoms with Crippen molar-refractivity contribution in [2.24, 2.45) is 0 Å². The van der Waals surface area contributed by atoms with Gasteiger partial charge >= 0.3 is 0 Å². The molecule has 3 heteroatoms. The van der Waals surface area contributed by atoms with Crippen molar-refractivity contribution in [1.29, 1.82) is 0 Å². The molecule has 1 aromatic carbocycles. The molecule has 1 aliphatic rings. The molecule has 16 heavy (non-hydrogen) atoms. The number of benzene rings is 1. The quantitative estimate of drug-likeness (QED) is 0.780. The molecule has 2 rings (SSSR count). The van der Waals surface area contributed by atoms with Crippen LogP contribution in [0, 0.1) is 0 Å². The van der Waals surface area contributed by atoms with Crippen molar-refractivity contribution in [3.8, 4) is 0 Å². The van der Waals surface area contributed by atoms with Crippen LogP contribution in [-0.2, 0) is 0 Å². The Hall–Kier alpha value is -0.570. The van der Waals surface area contributed by atoms with E-state index in [-0.39, 0.29) is 0 Å². The largest absolute Gasteiger partial charge is 0.352 e. The Labute approximate surface area is 102 Å². The van der Waals surface area contributed by atoms with Gasteiger partial charge in [-0.05, 0) is 31.4 Å². The summed E-state index contributed by atoms with van der Waals surface area (Å²) in [5.41, 5.74) is 5.49. The first-order valence-electron chi connectivity index (χ1n) is 6.20. The van der Waals surface area contributed by atoms with Gasteiger partial charge in [-0.25, -0.2) is 0 Å². The number of halogens is 1. The second kappa shape index (κ2) is 5.67. The first-order chi connectivity index (χ1) is 7.81. The maximum absolute atomic E-state index is 5.92. The lowest BCUT2D eigenvalue weighted by molar-refractivity contribution is -0.942. The summed E-state index contributed by atoms with van der Waals surface area (Å²) in [5, 5.41) is 0.820. The molecule has 0 amide bonds. The zero-order valence-corrected chi connectivity index (χ0v) is 10.5. The summed E-state index contributed by atoms with van der Waals surface area (Å²) < 4.78 is 0. The lowest BCUT2D eigenvalue weighted by Gasteiger charge is -2.29. The highest BCUT2D eigenvalue weighted by Crippen LogP contribution is 2.14. The van der Waals surface area contributed by atoms with Gasteiger partial charge in [0.2, 0.25) is 0 Å². The van der Waals surface area contributed by atoms with Crippen LogP contribution in [0.15, 0.2) is 24.3 Å². The third kappa shape index (κ3) is 2.76. The van der Waals surface area contributed by atoms with Gasteiger partial charge in [-0.15, -0.1) is 0 Å². The summed E-state index contributed by atoms with van der Waals surface area (Å²) in [6.45, 7) is 3.56. The molecule has 2 nitrogen and oxygen atoms in total. The van der Waals surface area contributed by atoms with Crippen LogP contribution in [0.25, 0.3) is 0 Å². The Balaban J connectivity index is 2.11. The fraction of sp³-hybridized carbons (Fsp3) is 0.538. The molecule has 1 atom stereocenters. The summed E-state index contributed by atoms with van der Waals surface area (Å²) >= 11 is 5.92. The van der Waals surface area contributed by atoms with E-state index in [9.17, 15) is 0 Å². The Bertz CT molecular complexity index is 317. The first-order valence-corrected chi connectivity index (χ1v) is 6.58. The number of nitrogens with one attached hydrogen (secondary N) is 1. The Kier molecular flexibility index (Phi) is 4.22. The fourth-order valence-corrected chi connectivity index (χ4v) is 2.78. The standard InChI is InChI=1S/C13H19ClN2/c14-12-6-4-11(5-7-12)13(10-15)16-8-2-1-3-9-16/h4-7,13H,1-3,8-10,15H2/p+2/t13-/m0/s1. The molecule has 88 valence electrons. The van der Waals surface area contributed by atoms with Crippen LogP contribution in [0.5, 0.6) is 0 Å². The van der Waals surface area contributed by atoms with Gasteiger partial charge in [-0.1, -0.05) is 23.7 Å². The van der Waals surface area contributed by atoms with E-state index in [0.717, 1.165) is 11.6 Å². The summed E-state index contributed by atoms with van der Waals surface area (Å²) in [6, 6.07) is 8.84. The van der Waals surface area contributed by atoms with E-state index < -0.39 is 0 Å². The number of piperidine rings is 1. The molecule has 0 aromatic heterocycles. The molecule has 0 radical (unpaired) electrons. The van der Waals surface area contributed by atoms with Gasteiger partial charge in [0.25, 0.3) is 0 Å². The van der Waals surface area contributed by atoms with Crippen LogP contribution < -0.4 is 10.6 Å². The van der Waals surface area contributed by atoms with Crippen LogP contribution in [0.1, 0.15) is 30.9 Å². The van der Waals surface area contributed by atoms with Crippen LogP contribution >= 0.6 is 11.6 Å². The number of rotatable bonds is 3. The first kappa shape index (κ1) is 11.9. The Morgan fingerprint density at radius 3 is 2.31 bits per heavy atom. The third-order valence-corrected chi connectivity index (χ3v) is 3.80. The molecule has 1 aromatic rings. The average Bonchev–Trinajstić information content (AvgIpc) is 2.34. The lowest BCUT2D eigenvalue weighted by atomic mass is 10.0. The zero-order valence-electron chi connectivity index (χ0n) is 9.71. The van der Waals surface area contributed by atoms with E-state index in [4.69, 9.17) is 11.6 Å². The molecule has 0 saturated carbocycles. The maximum Gasteiger partial charge on any atom is 0.162 e. The Morgan fingerprint density at radius 1 is 1.12 bits per heavy atom. The van der Waals surface area contributed by atoms with Crippen LogP contribution in [0.4, 0.5) is 0 Å². The van der Waals surface area contributed by atoms with E-state index in [0.29, 0.717) is 6.04 Å². The molecule has 0 bridgehead atoms. The van der Waals surface area contributed by atoms with Crippen LogP contribution in [-0.4, -0.2) is 19.6 Å². The van der Waals surface area contributed by atoms with Crippen LogP contribution in [0.2, 0.25) is 5.02 Å². The molecule has 1 fully saturated rings. The van der Waals surface area contributed by atoms with Gasteiger partial charge < -0.3 is 10.6 Å². The van der Waals surface area contributed by atoms with Crippen molar-refractivity contribution < 1.29 is 10.6 Å². The van der Waals surface area contributed by atoms with Gasteiger partial charge in [-0.3, -0.25) is 0 Å². The minimum atomic E-state index is 0.553. The van der Waals surface area contributed by atoms with Crippen molar-refractivity contribution in [3.63, 3.8) is 0 Å². The molecule has 0 aliphatic carbocycles. The van der Waals surface area contributed by atoms with E-state index >= 15 is 0 Å². The zero-order chi connectivity index (χ0) is 11.4. The predicted molar refractivity (Wildman–Crippen MR) is 66.5 cm³/mol. The van der Waals surface area contributed by atoms with Crippen molar-refractivity contribution >= 4 is 11.6 Å². The van der Waals surface area contributed by atoms with Crippen LogP contribution in [0.3, 0.4) is 0 Å². The highest BCUT2D eigenvalue weighted by Gasteiger charge is 2.25. The van der Waals surface area contributed by atoms with Gasteiger partial charge in [0.15, 0.2) is 6.04 Å². The summed E-state index contributed by atoms with van der Waals surface area (Å²) in [6.07, 6.45) is 4.12. The molecule has 0 unspecified atom stereocenters. The minimum absolute atomic E-state index is 0.553. The van der Waals surface area contributed by atoms with Crippen molar-refractivity contribution in [2.75, 3.05) is 19.6 Å². The topological polar surface area (TPSA) is 32.1 Å². The average molecular weight is 241 g/mol. The molecule has 1 aliphatic heterocycles. The minimum Gasteiger partial charge on any atom is -0.352 e. The lowest BCUT2D eigenvalue weighted by Crippen LogP contribution is -3.14. The van der Waals surface area contributed by atoms with Gasteiger partial charge in [0, 0.05) is 10.6 Å². The third-order valence-electron chi connectivity index (χ3n) is 3.55. The molecule has 1 heterocycles. The summed E-state index contributed by atoms with van der Waals surface area (Å²) in [5.74, 6) is 0. The second-order valence-corrected chi connectivity index (χ2v) is 5.05. The predicted octanol–water partition coefficient (Wildman–Crippen LogP) is 0.692. The van der Waals surface area contributed by atoms with E-state index in [1.807, 2.05) is 12.1 Å². The number of likely N-dealkylation sites (tertiary alicyclic amines) is 1. The van der Waals surface area contributed by atoms with E-state index in [2.05, 4.69) is 17.9 Å². The number of hydrogen-bond donors (Lipinski definition) is 2. The van der Waals surface area contributed by atoms with Crippen molar-refractivity contribution in [2.45, 2.75) is 25.3 Å². The maximum atomic E-state index is 5.92.